The lowest BCUT2D eigenvalue weighted by molar-refractivity contribution is -0.116. The number of aryl methyl sites for hydroxylation is 1. The number of nitrogens with one attached hydrogen (secondary N) is 1. The Morgan fingerprint density at radius 3 is 2.35 bits per heavy atom. The van der Waals surface area contributed by atoms with Crippen LogP contribution in [0.4, 0.5) is 5.69 Å². The maximum atomic E-state index is 12.7. The van der Waals surface area contributed by atoms with Gasteiger partial charge in [-0.2, -0.15) is 4.31 Å². The molecule has 0 unspecified atom stereocenters. The SMILES string of the molecule is CCN(CC)S(=O)(=O)c1cc(C)c(C)c(NC(=O)CCCN)c1. The van der Waals surface area contributed by atoms with Crippen molar-refractivity contribution in [2.45, 2.75) is 45.4 Å². The molecule has 0 heterocycles. The maximum Gasteiger partial charge on any atom is 0.243 e. The van der Waals surface area contributed by atoms with Gasteiger partial charge in [0.05, 0.1) is 4.90 Å². The maximum absolute atomic E-state index is 12.7. The van der Waals surface area contributed by atoms with Crippen molar-refractivity contribution in [3.8, 4) is 0 Å². The zero-order valence-electron chi connectivity index (χ0n) is 14.3. The summed E-state index contributed by atoms with van der Waals surface area (Å²) in [7, 11) is -3.55. The quantitative estimate of drug-likeness (QED) is 0.756. The summed E-state index contributed by atoms with van der Waals surface area (Å²) in [5, 5.41) is 2.80. The van der Waals surface area contributed by atoms with Gasteiger partial charge in [0.2, 0.25) is 15.9 Å². The van der Waals surface area contributed by atoms with E-state index in [1.165, 1.54) is 10.4 Å². The second kappa shape index (κ2) is 8.42. The minimum Gasteiger partial charge on any atom is -0.330 e. The van der Waals surface area contributed by atoms with Crippen molar-refractivity contribution < 1.29 is 13.2 Å². The van der Waals surface area contributed by atoms with Crippen molar-refractivity contribution in [2.24, 2.45) is 5.73 Å². The van der Waals surface area contributed by atoms with Gasteiger partial charge in [-0.3, -0.25) is 4.79 Å². The topological polar surface area (TPSA) is 92.5 Å². The number of anilines is 1. The van der Waals surface area contributed by atoms with E-state index in [9.17, 15) is 13.2 Å². The predicted molar refractivity (Wildman–Crippen MR) is 92.9 cm³/mol. The first kappa shape index (κ1) is 19.6. The number of benzene rings is 1. The van der Waals surface area contributed by atoms with Crippen LogP contribution in [0.5, 0.6) is 0 Å². The fourth-order valence-corrected chi connectivity index (χ4v) is 3.86. The van der Waals surface area contributed by atoms with Crippen LogP contribution in [0.2, 0.25) is 0 Å². The minimum atomic E-state index is -3.55. The molecule has 3 N–H and O–H groups in total. The summed E-state index contributed by atoms with van der Waals surface area (Å²) in [5.74, 6) is -0.157. The molecule has 0 spiro atoms. The number of amides is 1. The van der Waals surface area contributed by atoms with Gasteiger partial charge in [-0.25, -0.2) is 8.42 Å². The van der Waals surface area contributed by atoms with E-state index in [0.29, 0.717) is 38.2 Å². The van der Waals surface area contributed by atoms with Crippen LogP contribution in [0, 0.1) is 13.8 Å². The van der Waals surface area contributed by atoms with Gasteiger partial charge in [-0.15, -0.1) is 0 Å². The van der Waals surface area contributed by atoms with Gasteiger partial charge in [0.25, 0.3) is 0 Å². The lowest BCUT2D eigenvalue weighted by atomic mass is 10.1. The summed E-state index contributed by atoms with van der Waals surface area (Å²) in [6, 6.07) is 3.19. The highest BCUT2D eigenvalue weighted by Crippen LogP contribution is 2.26. The molecule has 0 saturated carbocycles. The highest BCUT2D eigenvalue weighted by Gasteiger charge is 2.23. The number of nitrogens with zero attached hydrogens (tertiary/aromatic N) is 1. The molecule has 0 fully saturated rings. The standard InChI is InChI=1S/C16H27N3O3S/c1-5-19(6-2)23(21,22)14-10-12(3)13(4)15(11-14)18-16(20)8-7-9-17/h10-11H,5-9,17H2,1-4H3,(H,18,20). The molecule has 6 nitrogen and oxygen atoms in total. The number of hydrogen-bond acceptors (Lipinski definition) is 4. The summed E-state index contributed by atoms with van der Waals surface area (Å²) in [4.78, 5) is 12.1. The van der Waals surface area contributed by atoms with E-state index in [-0.39, 0.29) is 10.8 Å². The lowest BCUT2D eigenvalue weighted by Crippen LogP contribution is -2.30. The van der Waals surface area contributed by atoms with Crippen molar-refractivity contribution in [1.29, 1.82) is 0 Å². The summed E-state index contributed by atoms with van der Waals surface area (Å²) >= 11 is 0. The summed E-state index contributed by atoms with van der Waals surface area (Å²) in [6.07, 6.45) is 0.920. The number of hydrogen-bond donors (Lipinski definition) is 2. The van der Waals surface area contributed by atoms with E-state index >= 15 is 0 Å². The van der Waals surface area contributed by atoms with Gasteiger partial charge in [0, 0.05) is 25.2 Å². The molecular weight excluding hydrogens is 314 g/mol. The fraction of sp³-hybridized carbons (Fsp3) is 0.562. The van der Waals surface area contributed by atoms with Crippen LogP contribution in [-0.2, 0) is 14.8 Å². The first-order chi connectivity index (χ1) is 10.8. The molecule has 23 heavy (non-hydrogen) atoms. The van der Waals surface area contributed by atoms with Gasteiger partial charge < -0.3 is 11.1 Å². The first-order valence-corrected chi connectivity index (χ1v) is 9.33. The average Bonchev–Trinajstić information content (AvgIpc) is 2.50. The van der Waals surface area contributed by atoms with Crippen molar-refractivity contribution >= 4 is 21.6 Å². The molecule has 0 aliphatic rings. The van der Waals surface area contributed by atoms with Crippen LogP contribution in [0.15, 0.2) is 17.0 Å². The highest BCUT2D eigenvalue weighted by molar-refractivity contribution is 7.89. The smallest absolute Gasteiger partial charge is 0.243 e. The second-order valence-electron chi connectivity index (χ2n) is 5.44. The molecular formula is C16H27N3O3S. The Morgan fingerprint density at radius 2 is 1.83 bits per heavy atom. The number of carbonyl (C=O) groups is 1. The second-order valence-corrected chi connectivity index (χ2v) is 7.38. The van der Waals surface area contributed by atoms with E-state index in [0.717, 1.165) is 11.1 Å². The third-order valence-electron chi connectivity index (χ3n) is 3.87. The third-order valence-corrected chi connectivity index (χ3v) is 5.89. The molecule has 1 aromatic carbocycles. The Labute approximate surface area is 139 Å². The molecule has 0 saturated heterocycles. The van der Waals surface area contributed by atoms with Crippen molar-refractivity contribution in [3.63, 3.8) is 0 Å². The van der Waals surface area contributed by atoms with Crippen LogP contribution in [0.1, 0.15) is 37.8 Å². The molecule has 0 aliphatic carbocycles. The van der Waals surface area contributed by atoms with E-state index in [1.54, 1.807) is 19.9 Å². The fourth-order valence-electron chi connectivity index (χ4n) is 2.29. The summed E-state index contributed by atoms with van der Waals surface area (Å²) < 4.78 is 26.7. The van der Waals surface area contributed by atoms with E-state index in [2.05, 4.69) is 5.32 Å². The van der Waals surface area contributed by atoms with Crippen LogP contribution >= 0.6 is 0 Å². The van der Waals surface area contributed by atoms with Crippen molar-refractivity contribution in [1.82, 2.24) is 4.31 Å². The molecule has 7 heteroatoms. The molecule has 0 bridgehead atoms. The summed E-state index contributed by atoms with van der Waals surface area (Å²) in [5.41, 5.74) is 7.64. The molecule has 1 aromatic rings. The molecule has 130 valence electrons. The van der Waals surface area contributed by atoms with Gasteiger partial charge in [0.15, 0.2) is 0 Å². The molecule has 0 aliphatic heterocycles. The number of nitrogens with two attached hydrogens (primary N) is 1. The Kier molecular flexibility index (Phi) is 7.18. The van der Waals surface area contributed by atoms with Crippen molar-refractivity contribution in [3.05, 3.63) is 23.3 Å². The largest absolute Gasteiger partial charge is 0.330 e. The van der Waals surface area contributed by atoms with E-state index in [1.807, 2.05) is 13.8 Å². The van der Waals surface area contributed by atoms with Crippen LogP contribution in [-0.4, -0.2) is 38.3 Å². The van der Waals surface area contributed by atoms with Crippen LogP contribution in [0.25, 0.3) is 0 Å². The highest BCUT2D eigenvalue weighted by atomic mass is 32.2. The number of sulfonamides is 1. The average molecular weight is 341 g/mol. The molecule has 1 amide bonds. The van der Waals surface area contributed by atoms with Gasteiger partial charge >= 0.3 is 0 Å². The number of carbonyl (C=O) groups excluding carboxylic acids is 1. The molecule has 0 atom stereocenters. The molecule has 0 aromatic heterocycles. The Hall–Kier alpha value is -1.44. The molecule has 1 rings (SSSR count). The van der Waals surface area contributed by atoms with Crippen molar-refractivity contribution in [2.75, 3.05) is 25.0 Å². The van der Waals surface area contributed by atoms with E-state index < -0.39 is 10.0 Å². The Balaban J connectivity index is 3.21. The Bertz CT molecular complexity index is 653. The van der Waals surface area contributed by atoms with Crippen LogP contribution < -0.4 is 11.1 Å². The summed E-state index contributed by atoms with van der Waals surface area (Å²) in [6.45, 7) is 8.57. The Morgan fingerprint density at radius 1 is 1.22 bits per heavy atom. The monoisotopic (exact) mass is 341 g/mol. The number of rotatable bonds is 8. The first-order valence-electron chi connectivity index (χ1n) is 7.89. The normalized spacial score (nSPS) is 11.7. The van der Waals surface area contributed by atoms with Crippen LogP contribution in [0.3, 0.4) is 0 Å². The molecule has 0 radical (unpaired) electrons. The van der Waals surface area contributed by atoms with Gasteiger partial charge in [-0.05, 0) is 50.1 Å². The third kappa shape index (κ3) is 4.76. The predicted octanol–water partition coefficient (Wildman–Crippen LogP) is 2.01. The van der Waals surface area contributed by atoms with Gasteiger partial charge in [0.1, 0.15) is 0 Å². The zero-order valence-corrected chi connectivity index (χ0v) is 15.2. The lowest BCUT2D eigenvalue weighted by Gasteiger charge is -2.20. The van der Waals surface area contributed by atoms with Gasteiger partial charge in [-0.1, -0.05) is 13.8 Å². The minimum absolute atomic E-state index is 0.157. The zero-order chi connectivity index (χ0) is 17.6. The van der Waals surface area contributed by atoms with E-state index in [4.69, 9.17) is 5.73 Å².